The van der Waals surface area contributed by atoms with E-state index in [4.69, 9.17) is 9.52 Å². The molecule has 1 aromatic heterocycles. The maximum atomic E-state index is 11.8. The number of aryl methyl sites for hydroxylation is 1. The van der Waals surface area contributed by atoms with Gasteiger partial charge >= 0.3 is 5.97 Å². The first kappa shape index (κ1) is 16.2. The van der Waals surface area contributed by atoms with Gasteiger partial charge in [-0.1, -0.05) is 0 Å². The molecule has 1 rings (SSSR count). The largest absolute Gasteiger partial charge is 0.475 e. The molecule has 2 N–H and O–H groups in total. The molecule has 20 heavy (non-hydrogen) atoms. The minimum atomic E-state index is -1.07. The fourth-order valence-corrected chi connectivity index (χ4v) is 1.95. The zero-order valence-electron chi connectivity index (χ0n) is 12.2. The van der Waals surface area contributed by atoms with Crippen LogP contribution in [0.4, 0.5) is 0 Å². The number of carbonyl (C=O) groups excluding carboxylic acids is 1. The molecule has 0 aliphatic heterocycles. The summed E-state index contributed by atoms with van der Waals surface area (Å²) in [4.78, 5) is 24.3. The molecule has 1 heterocycles. The number of hydrogen-bond acceptors (Lipinski definition) is 4. The van der Waals surface area contributed by atoms with Crippen LogP contribution in [-0.2, 0) is 11.3 Å². The lowest BCUT2D eigenvalue weighted by Gasteiger charge is -2.18. The van der Waals surface area contributed by atoms with Crippen molar-refractivity contribution in [2.24, 2.45) is 0 Å². The van der Waals surface area contributed by atoms with Gasteiger partial charge in [0.2, 0.25) is 11.7 Å². The summed E-state index contributed by atoms with van der Waals surface area (Å²) in [6.45, 7) is 8.13. The van der Waals surface area contributed by atoms with E-state index in [0.29, 0.717) is 25.3 Å². The molecule has 0 fully saturated rings. The van der Waals surface area contributed by atoms with Gasteiger partial charge in [0.15, 0.2) is 0 Å². The van der Waals surface area contributed by atoms with Gasteiger partial charge in [0.05, 0.1) is 0 Å². The first-order valence-electron chi connectivity index (χ1n) is 6.80. The molecule has 0 aliphatic rings. The molecule has 0 atom stereocenters. The summed E-state index contributed by atoms with van der Waals surface area (Å²) in [7, 11) is 0. The van der Waals surface area contributed by atoms with E-state index >= 15 is 0 Å². The number of nitrogens with one attached hydrogen (secondary N) is 1. The highest BCUT2D eigenvalue weighted by Crippen LogP contribution is 2.14. The van der Waals surface area contributed by atoms with E-state index in [1.807, 2.05) is 13.8 Å². The molecule has 0 bridgehead atoms. The van der Waals surface area contributed by atoms with Crippen molar-refractivity contribution in [2.75, 3.05) is 19.6 Å². The van der Waals surface area contributed by atoms with Crippen LogP contribution in [0.2, 0.25) is 0 Å². The maximum Gasteiger partial charge on any atom is 0.371 e. The van der Waals surface area contributed by atoms with Crippen LogP contribution in [-0.4, -0.2) is 41.5 Å². The topological polar surface area (TPSA) is 82.8 Å². The SMILES string of the molecule is CCN(CC)C(=O)CCNCc1cc(C(=O)O)oc1C. The minimum Gasteiger partial charge on any atom is -0.475 e. The lowest BCUT2D eigenvalue weighted by molar-refractivity contribution is -0.130. The third kappa shape index (κ3) is 4.38. The van der Waals surface area contributed by atoms with E-state index < -0.39 is 5.97 Å². The van der Waals surface area contributed by atoms with Gasteiger partial charge in [0.25, 0.3) is 0 Å². The highest BCUT2D eigenvalue weighted by atomic mass is 16.4. The molecular weight excluding hydrogens is 260 g/mol. The number of furan rings is 1. The molecule has 1 aromatic rings. The Morgan fingerprint density at radius 3 is 2.50 bits per heavy atom. The monoisotopic (exact) mass is 282 g/mol. The number of hydrogen-bond donors (Lipinski definition) is 2. The van der Waals surface area contributed by atoms with Crippen molar-refractivity contribution >= 4 is 11.9 Å². The van der Waals surface area contributed by atoms with Gasteiger partial charge in [-0.3, -0.25) is 4.79 Å². The van der Waals surface area contributed by atoms with Crippen molar-refractivity contribution in [2.45, 2.75) is 33.7 Å². The molecule has 0 saturated heterocycles. The fraction of sp³-hybridized carbons (Fsp3) is 0.571. The van der Waals surface area contributed by atoms with Crippen molar-refractivity contribution in [1.82, 2.24) is 10.2 Å². The van der Waals surface area contributed by atoms with E-state index in [2.05, 4.69) is 5.32 Å². The first-order valence-corrected chi connectivity index (χ1v) is 6.80. The van der Waals surface area contributed by atoms with Crippen molar-refractivity contribution in [3.8, 4) is 0 Å². The van der Waals surface area contributed by atoms with Crippen LogP contribution in [0.5, 0.6) is 0 Å². The summed E-state index contributed by atoms with van der Waals surface area (Å²) >= 11 is 0. The number of carboxylic acids is 1. The third-order valence-electron chi connectivity index (χ3n) is 3.18. The Morgan fingerprint density at radius 2 is 2.00 bits per heavy atom. The van der Waals surface area contributed by atoms with Crippen LogP contribution in [0.25, 0.3) is 0 Å². The smallest absolute Gasteiger partial charge is 0.371 e. The highest BCUT2D eigenvalue weighted by Gasteiger charge is 2.13. The van der Waals surface area contributed by atoms with Crippen LogP contribution in [0.15, 0.2) is 10.5 Å². The summed E-state index contributed by atoms with van der Waals surface area (Å²) in [5, 5.41) is 11.9. The molecule has 0 unspecified atom stereocenters. The molecule has 112 valence electrons. The molecule has 0 saturated carbocycles. The van der Waals surface area contributed by atoms with Crippen LogP contribution in [0, 0.1) is 6.92 Å². The van der Waals surface area contributed by atoms with E-state index in [9.17, 15) is 9.59 Å². The van der Waals surface area contributed by atoms with E-state index in [-0.39, 0.29) is 11.7 Å². The van der Waals surface area contributed by atoms with Gasteiger partial charge < -0.3 is 19.7 Å². The van der Waals surface area contributed by atoms with Crippen molar-refractivity contribution < 1.29 is 19.1 Å². The lowest BCUT2D eigenvalue weighted by atomic mass is 10.2. The van der Waals surface area contributed by atoms with Crippen molar-refractivity contribution in [3.63, 3.8) is 0 Å². The Morgan fingerprint density at radius 1 is 1.35 bits per heavy atom. The summed E-state index contributed by atoms with van der Waals surface area (Å²) in [6.07, 6.45) is 0.435. The lowest BCUT2D eigenvalue weighted by Crippen LogP contribution is -2.32. The summed E-state index contributed by atoms with van der Waals surface area (Å²) in [6, 6.07) is 1.51. The predicted molar refractivity (Wildman–Crippen MR) is 74.7 cm³/mol. The van der Waals surface area contributed by atoms with E-state index in [1.54, 1.807) is 11.8 Å². The molecule has 0 aliphatic carbocycles. The predicted octanol–water partition coefficient (Wildman–Crippen LogP) is 1.63. The number of rotatable bonds is 8. The zero-order chi connectivity index (χ0) is 15.1. The summed E-state index contributed by atoms with van der Waals surface area (Å²) < 4.78 is 5.11. The average Bonchev–Trinajstić information content (AvgIpc) is 2.78. The third-order valence-corrected chi connectivity index (χ3v) is 3.18. The normalized spacial score (nSPS) is 10.6. The molecule has 0 aromatic carbocycles. The second kappa shape index (κ2) is 7.69. The molecule has 0 radical (unpaired) electrons. The molecule has 1 amide bonds. The average molecular weight is 282 g/mol. The Bertz CT molecular complexity index is 464. The van der Waals surface area contributed by atoms with Gasteiger partial charge in [-0.2, -0.15) is 0 Å². The number of carboxylic acid groups (broad SMARTS) is 1. The van der Waals surface area contributed by atoms with Crippen LogP contribution >= 0.6 is 0 Å². The second-order valence-electron chi connectivity index (χ2n) is 4.49. The quantitative estimate of drug-likeness (QED) is 0.708. The van der Waals surface area contributed by atoms with E-state index in [0.717, 1.165) is 18.7 Å². The van der Waals surface area contributed by atoms with Crippen molar-refractivity contribution in [3.05, 3.63) is 23.2 Å². The first-order chi connectivity index (χ1) is 9.49. The molecule has 0 spiro atoms. The minimum absolute atomic E-state index is 0.0569. The van der Waals surface area contributed by atoms with Gasteiger partial charge in [-0.25, -0.2) is 4.79 Å². The van der Waals surface area contributed by atoms with Gasteiger partial charge in [0, 0.05) is 38.2 Å². The maximum absolute atomic E-state index is 11.8. The van der Waals surface area contributed by atoms with Crippen LogP contribution in [0.1, 0.15) is 42.1 Å². The number of nitrogens with zero attached hydrogens (tertiary/aromatic N) is 1. The molecule has 6 heteroatoms. The zero-order valence-corrected chi connectivity index (χ0v) is 12.2. The second-order valence-corrected chi connectivity index (χ2v) is 4.49. The number of carbonyl (C=O) groups is 2. The van der Waals surface area contributed by atoms with Gasteiger partial charge in [-0.15, -0.1) is 0 Å². The summed E-state index contributed by atoms with van der Waals surface area (Å²) in [5.74, 6) is -0.419. The molecular formula is C14H22N2O4. The van der Waals surface area contributed by atoms with Gasteiger partial charge in [-0.05, 0) is 26.8 Å². The standard InChI is InChI=1S/C14H22N2O4/c1-4-16(5-2)13(17)6-7-15-9-11-8-12(14(18)19)20-10(11)3/h8,15H,4-7,9H2,1-3H3,(H,18,19). The van der Waals surface area contributed by atoms with E-state index in [1.165, 1.54) is 6.07 Å². The Balaban J connectivity index is 2.38. The molecule has 6 nitrogen and oxygen atoms in total. The Labute approximate surface area is 118 Å². The fourth-order valence-electron chi connectivity index (χ4n) is 1.95. The van der Waals surface area contributed by atoms with Gasteiger partial charge in [0.1, 0.15) is 5.76 Å². The Hall–Kier alpha value is -1.82. The summed E-state index contributed by atoms with van der Waals surface area (Å²) in [5.41, 5.74) is 0.803. The van der Waals surface area contributed by atoms with Crippen molar-refractivity contribution in [1.29, 1.82) is 0 Å². The number of amides is 1. The number of aromatic carboxylic acids is 1. The Kier molecular flexibility index (Phi) is 6.24. The van der Waals surface area contributed by atoms with Crippen LogP contribution in [0.3, 0.4) is 0 Å². The highest BCUT2D eigenvalue weighted by molar-refractivity contribution is 5.84. The van der Waals surface area contributed by atoms with Crippen LogP contribution < -0.4 is 5.32 Å².